The number of piperazine rings is 1. The molecule has 0 aromatic heterocycles. The van der Waals surface area contributed by atoms with Crippen LogP contribution < -0.4 is 15.4 Å². The van der Waals surface area contributed by atoms with Gasteiger partial charge in [0.2, 0.25) is 0 Å². The minimum atomic E-state index is -0.673. The first-order valence-electron chi connectivity index (χ1n) is 11.0. The van der Waals surface area contributed by atoms with Gasteiger partial charge in [-0.1, -0.05) is 25.3 Å². The molecule has 3 rings (SSSR count). The van der Waals surface area contributed by atoms with E-state index in [4.69, 9.17) is 4.74 Å². The average molecular weight is 413 g/mol. The highest BCUT2D eigenvalue weighted by Gasteiger charge is 2.34. The highest BCUT2D eigenvalue weighted by molar-refractivity contribution is 5.36. The Hall–Kier alpha value is -2.44. The third kappa shape index (κ3) is 4.99. The number of ether oxygens (including phenoxy) is 1. The van der Waals surface area contributed by atoms with Crippen molar-refractivity contribution in [3.8, 4) is 5.75 Å². The van der Waals surface area contributed by atoms with Crippen molar-refractivity contribution in [2.45, 2.75) is 32.4 Å². The number of nitrogens with zero attached hydrogens (tertiary/aromatic N) is 2. The summed E-state index contributed by atoms with van der Waals surface area (Å²) in [5, 5.41) is 18.3. The third-order valence-corrected chi connectivity index (χ3v) is 5.92. The third-order valence-electron chi connectivity index (χ3n) is 5.92. The van der Waals surface area contributed by atoms with Crippen LogP contribution in [0, 0.1) is 0 Å². The van der Waals surface area contributed by atoms with Crippen molar-refractivity contribution in [2.75, 3.05) is 45.9 Å². The standard InChI is InChI=1S/C24H36N4O2/c1-5-18(4)27-14-16-28(17-15-27)21-12-13-26-24(25-6-2)22(21)23(29)19-8-10-20(11-9-19)30-7-3/h5,8-11,21,23,25-26,29H,1,4,6-7,12-17H2,2-3H3. The summed E-state index contributed by atoms with van der Waals surface area (Å²) in [6.45, 7) is 18.1. The predicted molar refractivity (Wildman–Crippen MR) is 122 cm³/mol. The van der Waals surface area contributed by atoms with E-state index < -0.39 is 6.10 Å². The lowest BCUT2D eigenvalue weighted by Crippen LogP contribution is -2.54. The molecule has 0 radical (unpaired) electrons. The number of allylic oxidation sites excluding steroid dienone is 1. The second-order valence-electron chi connectivity index (χ2n) is 7.71. The van der Waals surface area contributed by atoms with Crippen LogP contribution in [0.5, 0.6) is 5.75 Å². The largest absolute Gasteiger partial charge is 0.494 e. The van der Waals surface area contributed by atoms with Gasteiger partial charge in [-0.05, 0) is 44.0 Å². The summed E-state index contributed by atoms with van der Waals surface area (Å²) in [6.07, 6.45) is 2.12. The summed E-state index contributed by atoms with van der Waals surface area (Å²) >= 11 is 0. The Morgan fingerprint density at radius 2 is 1.97 bits per heavy atom. The van der Waals surface area contributed by atoms with Crippen LogP contribution >= 0.6 is 0 Å². The molecule has 0 bridgehead atoms. The van der Waals surface area contributed by atoms with E-state index in [1.165, 1.54) is 0 Å². The smallest absolute Gasteiger partial charge is 0.119 e. The maximum absolute atomic E-state index is 11.4. The molecule has 0 saturated carbocycles. The van der Waals surface area contributed by atoms with Crippen molar-refractivity contribution >= 4 is 0 Å². The van der Waals surface area contributed by atoms with Crippen LogP contribution in [0.25, 0.3) is 0 Å². The molecule has 0 amide bonds. The monoisotopic (exact) mass is 412 g/mol. The van der Waals surface area contributed by atoms with E-state index in [2.05, 4.69) is 40.5 Å². The summed E-state index contributed by atoms with van der Waals surface area (Å²) < 4.78 is 5.56. The average Bonchev–Trinajstić information content (AvgIpc) is 2.79. The topological polar surface area (TPSA) is 60.0 Å². The summed E-state index contributed by atoms with van der Waals surface area (Å²) in [4.78, 5) is 4.78. The first-order chi connectivity index (χ1) is 14.6. The molecule has 2 heterocycles. The fraction of sp³-hybridized carbons (Fsp3) is 0.500. The van der Waals surface area contributed by atoms with E-state index in [-0.39, 0.29) is 6.04 Å². The quantitative estimate of drug-likeness (QED) is 0.542. The number of aliphatic hydroxyl groups excluding tert-OH is 1. The second kappa shape index (κ2) is 10.5. The fourth-order valence-electron chi connectivity index (χ4n) is 4.34. The van der Waals surface area contributed by atoms with E-state index in [1.54, 1.807) is 0 Å². The van der Waals surface area contributed by atoms with Gasteiger partial charge in [-0.2, -0.15) is 0 Å². The molecule has 0 spiro atoms. The van der Waals surface area contributed by atoms with Crippen LogP contribution in [-0.2, 0) is 0 Å². The Bertz CT molecular complexity index is 751. The van der Waals surface area contributed by atoms with Gasteiger partial charge in [0.05, 0.1) is 6.61 Å². The minimum absolute atomic E-state index is 0.195. The summed E-state index contributed by atoms with van der Waals surface area (Å²) in [5.74, 6) is 1.79. The van der Waals surface area contributed by atoms with Gasteiger partial charge in [0.25, 0.3) is 0 Å². The van der Waals surface area contributed by atoms with Gasteiger partial charge in [-0.15, -0.1) is 0 Å². The molecular weight excluding hydrogens is 376 g/mol. The summed E-state index contributed by atoms with van der Waals surface area (Å²) in [5.41, 5.74) is 2.90. The number of nitrogens with one attached hydrogen (secondary N) is 2. The predicted octanol–water partition coefficient (Wildman–Crippen LogP) is 2.62. The van der Waals surface area contributed by atoms with Crippen LogP contribution in [0.4, 0.5) is 0 Å². The van der Waals surface area contributed by atoms with Crippen molar-refractivity contribution in [3.63, 3.8) is 0 Å². The van der Waals surface area contributed by atoms with Crippen molar-refractivity contribution in [2.24, 2.45) is 0 Å². The van der Waals surface area contributed by atoms with Gasteiger partial charge >= 0.3 is 0 Å². The molecule has 6 heteroatoms. The molecule has 1 aromatic carbocycles. The van der Waals surface area contributed by atoms with Gasteiger partial charge in [0.1, 0.15) is 17.7 Å². The van der Waals surface area contributed by atoms with Crippen LogP contribution in [0.2, 0.25) is 0 Å². The van der Waals surface area contributed by atoms with E-state index in [1.807, 2.05) is 37.3 Å². The molecule has 2 atom stereocenters. The van der Waals surface area contributed by atoms with Gasteiger partial charge in [0.15, 0.2) is 0 Å². The van der Waals surface area contributed by atoms with E-state index in [9.17, 15) is 5.11 Å². The number of rotatable bonds is 9. The second-order valence-corrected chi connectivity index (χ2v) is 7.71. The summed E-state index contributed by atoms with van der Waals surface area (Å²) in [6, 6.07) is 7.98. The van der Waals surface area contributed by atoms with E-state index >= 15 is 0 Å². The SMILES string of the molecule is C=CC(=C)N1CCN(C2CCNC(NCC)=C2C(O)c2ccc(OCC)cc2)CC1. The highest BCUT2D eigenvalue weighted by atomic mass is 16.5. The van der Waals surface area contributed by atoms with Gasteiger partial charge < -0.3 is 25.4 Å². The van der Waals surface area contributed by atoms with Gasteiger partial charge in [-0.25, -0.2) is 0 Å². The van der Waals surface area contributed by atoms with Crippen LogP contribution in [-0.4, -0.2) is 66.8 Å². The normalized spacial score (nSPS) is 21.0. The number of hydrogen-bond acceptors (Lipinski definition) is 6. The maximum atomic E-state index is 11.4. The first-order valence-corrected chi connectivity index (χ1v) is 11.0. The molecule has 0 aliphatic carbocycles. The molecule has 3 N–H and O–H groups in total. The molecule has 1 aromatic rings. The Morgan fingerprint density at radius 3 is 2.57 bits per heavy atom. The Morgan fingerprint density at radius 1 is 1.27 bits per heavy atom. The van der Waals surface area contributed by atoms with E-state index in [0.717, 1.165) is 74.1 Å². The van der Waals surface area contributed by atoms with Crippen LogP contribution in [0.3, 0.4) is 0 Å². The zero-order valence-corrected chi connectivity index (χ0v) is 18.4. The Kier molecular flexibility index (Phi) is 7.82. The van der Waals surface area contributed by atoms with Crippen LogP contribution in [0.15, 0.2) is 60.6 Å². The summed E-state index contributed by atoms with van der Waals surface area (Å²) in [7, 11) is 0. The molecule has 2 unspecified atom stereocenters. The lowest BCUT2D eigenvalue weighted by Gasteiger charge is -2.44. The zero-order chi connectivity index (χ0) is 21.5. The van der Waals surface area contributed by atoms with Crippen molar-refractivity contribution in [3.05, 3.63) is 66.2 Å². The molecule has 164 valence electrons. The molecule has 30 heavy (non-hydrogen) atoms. The molecule has 2 aliphatic rings. The zero-order valence-electron chi connectivity index (χ0n) is 18.4. The fourth-order valence-corrected chi connectivity index (χ4v) is 4.34. The van der Waals surface area contributed by atoms with Crippen molar-refractivity contribution < 1.29 is 9.84 Å². The van der Waals surface area contributed by atoms with Crippen molar-refractivity contribution in [1.29, 1.82) is 0 Å². The van der Waals surface area contributed by atoms with Crippen molar-refractivity contribution in [1.82, 2.24) is 20.4 Å². The lowest BCUT2D eigenvalue weighted by atomic mass is 9.89. The van der Waals surface area contributed by atoms with Crippen LogP contribution in [0.1, 0.15) is 31.9 Å². The van der Waals surface area contributed by atoms with E-state index in [0.29, 0.717) is 6.61 Å². The Balaban J connectivity index is 1.83. The first kappa shape index (κ1) is 22.2. The Labute approximate surface area is 180 Å². The minimum Gasteiger partial charge on any atom is -0.494 e. The molecule has 1 fully saturated rings. The maximum Gasteiger partial charge on any atom is 0.119 e. The molecule has 6 nitrogen and oxygen atoms in total. The molecular formula is C24H36N4O2. The number of benzene rings is 1. The highest BCUT2D eigenvalue weighted by Crippen LogP contribution is 2.33. The van der Waals surface area contributed by atoms with Gasteiger partial charge in [-0.3, -0.25) is 4.90 Å². The molecule has 2 aliphatic heterocycles. The molecule has 1 saturated heterocycles. The lowest BCUT2D eigenvalue weighted by molar-refractivity contribution is 0.101. The number of aliphatic hydroxyl groups is 1. The number of hydrogen-bond donors (Lipinski definition) is 3. The van der Waals surface area contributed by atoms with Gasteiger partial charge in [0, 0.05) is 56.6 Å².